The second-order valence-electron chi connectivity index (χ2n) is 3.91. The fourth-order valence-corrected chi connectivity index (χ4v) is 1.83. The number of carboxylic acid groups (broad SMARTS) is 1. The van der Waals surface area contributed by atoms with Gasteiger partial charge >= 0.3 is 5.97 Å². The average Bonchev–Trinajstić information content (AvgIpc) is 2.39. The number of carboxylic acids is 1. The summed E-state index contributed by atoms with van der Waals surface area (Å²) in [4.78, 5) is 10.3. The first-order chi connectivity index (χ1) is 9.27. The molecule has 19 heavy (non-hydrogen) atoms. The Bertz CT molecular complexity index is 328. The molecule has 0 bridgehead atoms. The Balaban J connectivity index is 3.40. The van der Waals surface area contributed by atoms with E-state index >= 15 is 0 Å². The second kappa shape index (κ2) is 14.8. The van der Waals surface area contributed by atoms with Gasteiger partial charge in [-0.2, -0.15) is 0 Å². The van der Waals surface area contributed by atoms with E-state index < -0.39 is 5.97 Å². The Kier molecular flexibility index (Phi) is 13.9. The molecule has 0 saturated heterocycles. The first-order valence-electron chi connectivity index (χ1n) is 6.67. The molecule has 0 fully saturated rings. The van der Waals surface area contributed by atoms with Crippen molar-refractivity contribution in [1.82, 2.24) is 0 Å². The van der Waals surface area contributed by atoms with Crippen molar-refractivity contribution in [3.05, 3.63) is 48.6 Å². The normalized spacial score (nSPS) is 12.5. The zero-order chi connectivity index (χ0) is 14.2. The van der Waals surface area contributed by atoms with Crippen LogP contribution in [-0.4, -0.2) is 22.6 Å². The summed E-state index contributed by atoms with van der Waals surface area (Å²) in [5.74, 6) is 0.195. The van der Waals surface area contributed by atoms with Crippen LogP contribution in [0.4, 0.5) is 0 Å². The van der Waals surface area contributed by atoms with Gasteiger partial charge in [-0.15, -0.1) is 11.8 Å². The summed E-state index contributed by atoms with van der Waals surface area (Å²) in [7, 11) is 0. The van der Waals surface area contributed by atoms with Crippen molar-refractivity contribution in [2.24, 2.45) is 0 Å². The molecule has 0 aliphatic carbocycles. The van der Waals surface area contributed by atoms with Crippen molar-refractivity contribution in [3.63, 3.8) is 0 Å². The number of hydrogen-bond donors (Lipinski definition) is 1. The Labute approximate surface area is 121 Å². The van der Waals surface area contributed by atoms with Crippen LogP contribution in [0.25, 0.3) is 0 Å². The first kappa shape index (κ1) is 17.8. The lowest BCUT2D eigenvalue weighted by molar-refractivity contribution is -0.133. The highest BCUT2D eigenvalue weighted by Crippen LogP contribution is 2.00. The van der Waals surface area contributed by atoms with Crippen LogP contribution in [-0.2, 0) is 4.79 Å². The van der Waals surface area contributed by atoms with Crippen molar-refractivity contribution in [2.75, 3.05) is 11.5 Å². The van der Waals surface area contributed by atoms with Crippen LogP contribution in [0, 0.1) is 0 Å². The number of hydrogen-bond acceptors (Lipinski definition) is 2. The molecule has 0 heterocycles. The van der Waals surface area contributed by atoms with Crippen molar-refractivity contribution in [3.8, 4) is 0 Å². The topological polar surface area (TPSA) is 37.3 Å². The summed E-state index contributed by atoms with van der Waals surface area (Å²) in [5, 5.41) is 8.44. The molecule has 2 nitrogen and oxygen atoms in total. The maximum atomic E-state index is 10.3. The van der Waals surface area contributed by atoms with Crippen LogP contribution in [0.15, 0.2) is 48.6 Å². The molecule has 0 aliphatic rings. The quantitative estimate of drug-likeness (QED) is 0.443. The number of aliphatic carboxylic acids is 1. The van der Waals surface area contributed by atoms with E-state index in [1.54, 1.807) is 0 Å². The summed E-state index contributed by atoms with van der Waals surface area (Å²) in [6.07, 6.45) is 21.1. The number of carbonyl (C=O) groups is 1. The third-order valence-corrected chi connectivity index (χ3v) is 3.04. The van der Waals surface area contributed by atoms with Gasteiger partial charge in [-0.3, -0.25) is 4.79 Å². The minimum atomic E-state index is -0.751. The lowest BCUT2D eigenvalue weighted by atomic mass is 10.2. The van der Waals surface area contributed by atoms with Crippen molar-refractivity contribution < 1.29 is 9.90 Å². The van der Waals surface area contributed by atoms with Crippen LogP contribution in [0.3, 0.4) is 0 Å². The summed E-state index contributed by atoms with van der Waals surface area (Å²) < 4.78 is 0. The van der Waals surface area contributed by atoms with Gasteiger partial charge in [0.15, 0.2) is 0 Å². The third-order valence-electron chi connectivity index (χ3n) is 2.16. The Morgan fingerprint density at radius 1 is 0.895 bits per heavy atom. The summed E-state index contributed by atoms with van der Waals surface area (Å²) >= 11 is 1.41. The van der Waals surface area contributed by atoms with Gasteiger partial charge in [-0.05, 0) is 25.7 Å². The fourth-order valence-electron chi connectivity index (χ4n) is 1.26. The molecule has 0 aromatic rings. The second-order valence-corrected chi connectivity index (χ2v) is 4.94. The van der Waals surface area contributed by atoms with Gasteiger partial charge in [0.25, 0.3) is 0 Å². The molecule has 1 N–H and O–H groups in total. The highest BCUT2D eigenvalue weighted by molar-refractivity contribution is 8.00. The minimum Gasteiger partial charge on any atom is -0.481 e. The Hall–Kier alpha value is -1.22. The lowest BCUT2D eigenvalue weighted by Crippen LogP contribution is -1.97. The van der Waals surface area contributed by atoms with Crippen LogP contribution < -0.4 is 0 Å². The van der Waals surface area contributed by atoms with Gasteiger partial charge < -0.3 is 5.11 Å². The van der Waals surface area contributed by atoms with Gasteiger partial charge in [-0.1, -0.05) is 55.5 Å². The monoisotopic (exact) mass is 280 g/mol. The van der Waals surface area contributed by atoms with E-state index in [4.69, 9.17) is 5.11 Å². The van der Waals surface area contributed by atoms with E-state index in [1.165, 1.54) is 11.8 Å². The predicted octanol–water partition coefficient (Wildman–Crippen LogP) is 4.61. The molecule has 0 atom stereocenters. The molecule has 0 aromatic heterocycles. The standard InChI is InChI=1S/C16H24O2S/c1-2-3-4-5-6-7-8-9-10-11-12-13-14-19-15-16(17)18/h3-4,6-7,9-10,12-13H,2,5,8,11,14-15H2,1H3,(H,17,18). The molecule has 0 unspecified atom stereocenters. The molecule has 0 rings (SSSR count). The van der Waals surface area contributed by atoms with Gasteiger partial charge in [0, 0.05) is 5.75 Å². The van der Waals surface area contributed by atoms with Crippen LogP contribution in [0.2, 0.25) is 0 Å². The number of rotatable bonds is 11. The smallest absolute Gasteiger partial charge is 0.313 e. The molecular formula is C16H24O2S. The SMILES string of the molecule is CCC=CCC=CCC=CCC=CCSCC(=O)O. The molecule has 0 aliphatic heterocycles. The lowest BCUT2D eigenvalue weighted by Gasteiger charge is -1.90. The molecule has 0 spiro atoms. The fraction of sp³-hybridized carbons (Fsp3) is 0.438. The van der Waals surface area contributed by atoms with E-state index in [0.717, 1.165) is 31.4 Å². The van der Waals surface area contributed by atoms with E-state index in [1.807, 2.05) is 6.08 Å². The van der Waals surface area contributed by atoms with E-state index in [9.17, 15) is 4.79 Å². The van der Waals surface area contributed by atoms with Crippen LogP contribution in [0.5, 0.6) is 0 Å². The van der Waals surface area contributed by atoms with Crippen molar-refractivity contribution >= 4 is 17.7 Å². The molecule has 0 aromatic carbocycles. The molecule has 0 amide bonds. The van der Waals surface area contributed by atoms with Gasteiger partial charge in [0.1, 0.15) is 0 Å². The largest absolute Gasteiger partial charge is 0.481 e. The highest BCUT2D eigenvalue weighted by atomic mass is 32.2. The molecule has 0 saturated carbocycles. The highest BCUT2D eigenvalue weighted by Gasteiger charge is 1.92. The predicted molar refractivity (Wildman–Crippen MR) is 85.7 cm³/mol. The van der Waals surface area contributed by atoms with Crippen LogP contribution >= 0.6 is 11.8 Å². The third kappa shape index (κ3) is 16.8. The maximum absolute atomic E-state index is 10.3. The summed E-state index contributed by atoms with van der Waals surface area (Å²) in [6, 6.07) is 0. The Morgan fingerprint density at radius 3 is 1.84 bits per heavy atom. The molecular weight excluding hydrogens is 256 g/mol. The maximum Gasteiger partial charge on any atom is 0.313 e. The summed E-state index contributed by atoms with van der Waals surface area (Å²) in [5.41, 5.74) is 0. The van der Waals surface area contributed by atoms with Gasteiger partial charge in [-0.25, -0.2) is 0 Å². The van der Waals surface area contributed by atoms with E-state index in [2.05, 4.69) is 49.5 Å². The summed E-state index contributed by atoms with van der Waals surface area (Å²) in [6.45, 7) is 2.14. The van der Waals surface area contributed by atoms with Crippen molar-refractivity contribution in [2.45, 2.75) is 32.6 Å². The minimum absolute atomic E-state index is 0.178. The number of allylic oxidation sites excluding steroid dienone is 7. The first-order valence-corrected chi connectivity index (χ1v) is 7.82. The average molecular weight is 280 g/mol. The zero-order valence-electron chi connectivity index (χ0n) is 11.6. The van der Waals surface area contributed by atoms with E-state index in [-0.39, 0.29) is 5.75 Å². The van der Waals surface area contributed by atoms with Crippen molar-refractivity contribution in [1.29, 1.82) is 0 Å². The van der Waals surface area contributed by atoms with Gasteiger partial charge in [0.2, 0.25) is 0 Å². The Morgan fingerprint density at radius 2 is 1.37 bits per heavy atom. The van der Waals surface area contributed by atoms with E-state index in [0.29, 0.717) is 0 Å². The van der Waals surface area contributed by atoms with Crippen LogP contribution in [0.1, 0.15) is 32.6 Å². The molecule has 0 radical (unpaired) electrons. The zero-order valence-corrected chi connectivity index (χ0v) is 12.4. The molecule has 106 valence electrons. The van der Waals surface area contributed by atoms with Gasteiger partial charge in [0.05, 0.1) is 5.75 Å². The molecule has 3 heteroatoms. The number of thioether (sulfide) groups is 1.